The summed E-state index contributed by atoms with van der Waals surface area (Å²) in [6.07, 6.45) is 11.3. The lowest BCUT2D eigenvalue weighted by Gasteiger charge is -2.21. The number of para-hydroxylation sites is 1. The minimum atomic E-state index is -5.55. The van der Waals surface area contributed by atoms with Crippen molar-refractivity contribution in [1.82, 2.24) is 29.9 Å². The van der Waals surface area contributed by atoms with Gasteiger partial charge in [0.1, 0.15) is 17.5 Å². The number of sulfonamides is 2. The number of nitrogens with zero attached hydrogens (tertiary/aromatic N) is 3. The molecule has 0 saturated heterocycles. The summed E-state index contributed by atoms with van der Waals surface area (Å²) in [5.41, 5.74) is 6.16. The Labute approximate surface area is 519 Å². The molecule has 0 atom stereocenters. The van der Waals surface area contributed by atoms with Crippen LogP contribution >= 0.6 is 34.8 Å². The SMILES string of the molecule is CC(C)(O)c1ccccc1-c1ccc2nc(/C=C/c3cccc(Cl)c3)[nH]c2c1.NS(=O)(=O)c1ccccc1-c1ccc2nc(/C=C/c3cccc(Cl)c3)[nH]c2c1.O=S(=O)(Nc1ccccc1-c1ccc2nc(/C=C/c3cccc(Cl)c3)[nH]c2c1)C(F)(F)F. The maximum Gasteiger partial charge on any atom is 0.516 e. The van der Waals surface area contributed by atoms with E-state index in [4.69, 9.17) is 39.9 Å². The van der Waals surface area contributed by atoms with Crippen LogP contribution in [0.25, 0.3) is 103 Å². The standard InChI is InChI=1S/C24H21ClN2O.C22H15ClF3N3O2S.C21H16ClN3O2S/c1-24(2,28)20-9-4-3-8-19(20)17-11-12-21-22(15-17)27-23(26-21)13-10-16-6-5-7-18(25)14-16;23-16-5-3-4-14(12-16)8-11-21-27-19-10-9-15(13-20(19)28-21)17-6-1-2-7-18(17)29-32(30,31)22(24,25)26;22-16-5-3-4-14(12-16)8-11-21-24-18-10-9-15(13-19(18)25-21)17-6-1-2-7-20(17)28(23,26)27/h3-15,28H,1-2H3,(H,26,27);1-13,29H,(H,27,28);1-13H,(H,24,25)(H2,23,26,27)/b13-10+;2*11-8+. The lowest BCUT2D eigenvalue weighted by atomic mass is 9.89. The molecule has 9 aromatic carbocycles. The van der Waals surface area contributed by atoms with Gasteiger partial charge in [-0.2, -0.15) is 21.6 Å². The number of fused-ring (bicyclic) bond motifs is 3. The largest absolute Gasteiger partial charge is 0.516 e. The van der Waals surface area contributed by atoms with Crippen molar-refractivity contribution >= 4 is 130 Å². The fourth-order valence-electron chi connectivity index (χ4n) is 9.43. The summed E-state index contributed by atoms with van der Waals surface area (Å²) in [7, 11) is -9.37. The van der Waals surface area contributed by atoms with Crippen LogP contribution in [0.15, 0.2) is 205 Å². The van der Waals surface area contributed by atoms with Gasteiger partial charge < -0.3 is 20.1 Å². The number of hydrogen-bond acceptors (Lipinski definition) is 8. The highest BCUT2D eigenvalue weighted by atomic mass is 35.5. The van der Waals surface area contributed by atoms with E-state index in [9.17, 15) is 35.1 Å². The first kappa shape index (κ1) is 62.0. The van der Waals surface area contributed by atoms with Gasteiger partial charge in [0.2, 0.25) is 10.0 Å². The number of nitrogens with one attached hydrogen (secondary N) is 4. The third-order valence-electron chi connectivity index (χ3n) is 13.5. The zero-order valence-corrected chi connectivity index (χ0v) is 50.5. The quantitative estimate of drug-likeness (QED) is 0.0652. The monoisotopic (exact) mass is 1270 g/mol. The van der Waals surface area contributed by atoms with Gasteiger partial charge in [0.05, 0.1) is 49.3 Å². The van der Waals surface area contributed by atoms with Gasteiger partial charge in [0.15, 0.2) is 0 Å². The second kappa shape index (κ2) is 26.1. The molecule has 0 fully saturated rings. The summed E-state index contributed by atoms with van der Waals surface area (Å²) in [6.45, 7) is 3.61. The summed E-state index contributed by atoms with van der Waals surface area (Å²) >= 11 is 18.0. The molecule has 0 spiro atoms. The van der Waals surface area contributed by atoms with Gasteiger partial charge in [-0.15, -0.1) is 0 Å². The van der Waals surface area contributed by atoms with E-state index in [1.807, 2.05) is 146 Å². The molecule has 444 valence electrons. The minimum absolute atomic E-state index is 0.0925. The molecule has 88 heavy (non-hydrogen) atoms. The van der Waals surface area contributed by atoms with Crippen molar-refractivity contribution in [3.05, 3.63) is 255 Å². The smallest absolute Gasteiger partial charge is 0.386 e. The molecule has 0 radical (unpaired) electrons. The number of hydrogen-bond donors (Lipinski definition) is 6. The first-order valence-corrected chi connectivity index (χ1v) is 31.0. The van der Waals surface area contributed by atoms with Crippen LogP contribution in [-0.2, 0) is 25.6 Å². The van der Waals surface area contributed by atoms with Crippen molar-refractivity contribution in [3.63, 3.8) is 0 Å². The molecule has 0 aliphatic rings. The number of aromatic amines is 3. The van der Waals surface area contributed by atoms with Crippen molar-refractivity contribution in [2.24, 2.45) is 5.14 Å². The van der Waals surface area contributed by atoms with E-state index in [0.29, 0.717) is 54.4 Å². The van der Waals surface area contributed by atoms with E-state index in [2.05, 4.69) is 36.0 Å². The van der Waals surface area contributed by atoms with E-state index >= 15 is 0 Å². The van der Waals surface area contributed by atoms with Crippen molar-refractivity contribution in [2.75, 3.05) is 4.72 Å². The van der Waals surface area contributed by atoms with Crippen LogP contribution in [0.2, 0.25) is 15.1 Å². The Kier molecular flexibility index (Phi) is 18.4. The summed E-state index contributed by atoms with van der Waals surface area (Å²) in [5.74, 6) is 2.04. The van der Waals surface area contributed by atoms with Crippen LogP contribution in [-0.4, -0.2) is 57.4 Å². The molecule has 0 amide bonds. The van der Waals surface area contributed by atoms with Gasteiger partial charge >= 0.3 is 15.5 Å². The van der Waals surface area contributed by atoms with Gasteiger partial charge in [0.25, 0.3) is 0 Å². The first-order valence-electron chi connectivity index (χ1n) is 26.9. The lowest BCUT2D eigenvalue weighted by molar-refractivity contribution is -0.0429. The second-order valence-corrected chi connectivity index (χ2v) is 25.0. The van der Waals surface area contributed by atoms with Gasteiger partial charge in [-0.25, -0.2) is 28.5 Å². The van der Waals surface area contributed by atoms with E-state index in [-0.39, 0.29) is 10.6 Å². The second-order valence-electron chi connectivity index (χ2n) is 20.5. The Balaban J connectivity index is 0.000000146. The van der Waals surface area contributed by atoms with Gasteiger partial charge in [0, 0.05) is 26.2 Å². The number of imidazole rings is 3. The summed E-state index contributed by atoms with van der Waals surface area (Å²) < 4.78 is 86.9. The molecule has 0 bridgehead atoms. The number of alkyl halides is 3. The van der Waals surface area contributed by atoms with Crippen LogP contribution in [0.4, 0.5) is 18.9 Å². The van der Waals surface area contributed by atoms with E-state index in [1.165, 1.54) is 24.3 Å². The van der Waals surface area contributed by atoms with Gasteiger partial charge in [-0.05, 0) is 162 Å². The number of nitrogens with two attached hydrogens (primary N) is 1. The maximum absolute atomic E-state index is 12.8. The molecule has 12 aromatic rings. The predicted octanol–water partition coefficient (Wildman–Crippen LogP) is 17.3. The topological polar surface area (TPSA) is 213 Å². The normalized spacial score (nSPS) is 12.2. The summed E-state index contributed by atoms with van der Waals surface area (Å²) in [6, 6.07) is 59.7. The van der Waals surface area contributed by atoms with Crippen molar-refractivity contribution in [3.8, 4) is 33.4 Å². The van der Waals surface area contributed by atoms with E-state index < -0.39 is 31.2 Å². The van der Waals surface area contributed by atoms with Gasteiger partial charge in [-0.3, -0.25) is 4.72 Å². The zero-order chi connectivity index (χ0) is 62.4. The predicted molar refractivity (Wildman–Crippen MR) is 351 cm³/mol. The van der Waals surface area contributed by atoms with Crippen molar-refractivity contribution in [1.29, 1.82) is 0 Å². The zero-order valence-electron chi connectivity index (χ0n) is 46.6. The van der Waals surface area contributed by atoms with Gasteiger partial charge in [-0.1, -0.05) is 168 Å². The molecule has 3 heterocycles. The fraction of sp³-hybridized carbons (Fsp3) is 0.0597. The maximum atomic E-state index is 12.8. The number of primary sulfonamides is 1. The lowest BCUT2D eigenvalue weighted by Crippen LogP contribution is -2.30. The fourth-order valence-corrected chi connectivity index (χ4v) is 11.4. The molecule has 0 unspecified atom stereocenters. The molecular formula is C67H52Cl3F3N8O5S2. The van der Waals surface area contributed by atoms with Crippen molar-refractivity contribution < 1.29 is 35.1 Å². The highest BCUT2D eigenvalue weighted by Gasteiger charge is 2.46. The van der Waals surface area contributed by atoms with Crippen LogP contribution in [0, 0.1) is 0 Å². The Morgan fingerprint density at radius 3 is 1.25 bits per heavy atom. The third-order valence-corrected chi connectivity index (χ3v) is 16.3. The van der Waals surface area contributed by atoms with Crippen LogP contribution in [0.5, 0.6) is 0 Å². The number of anilines is 1. The van der Waals surface area contributed by atoms with E-state index in [1.54, 1.807) is 79.2 Å². The Hall–Kier alpha value is -9.11. The third kappa shape index (κ3) is 15.3. The summed E-state index contributed by atoms with van der Waals surface area (Å²) in [5, 5.41) is 17.9. The molecule has 3 aromatic heterocycles. The number of H-pyrrole nitrogens is 3. The number of halogens is 6. The number of rotatable bonds is 13. The molecule has 0 saturated carbocycles. The molecule has 13 nitrogen and oxygen atoms in total. The molecular weight excluding hydrogens is 1220 g/mol. The molecule has 12 rings (SSSR count). The molecule has 0 aliphatic heterocycles. The molecule has 0 aliphatic carbocycles. The van der Waals surface area contributed by atoms with Crippen LogP contribution in [0.1, 0.15) is 53.6 Å². The average Bonchev–Trinajstić information content (AvgIpc) is 2.84. The Bertz CT molecular complexity index is 4880. The number of aliphatic hydroxyl groups is 1. The first-order chi connectivity index (χ1) is 41.9. The number of benzene rings is 9. The average molecular weight is 1280 g/mol. The van der Waals surface area contributed by atoms with E-state index in [0.717, 1.165) is 66.8 Å². The Morgan fingerprint density at radius 2 is 0.841 bits per heavy atom. The summed E-state index contributed by atoms with van der Waals surface area (Å²) in [4.78, 5) is 23.5. The molecule has 21 heteroatoms. The highest BCUT2D eigenvalue weighted by Crippen LogP contribution is 2.36. The van der Waals surface area contributed by atoms with Crippen LogP contribution < -0.4 is 9.86 Å². The Morgan fingerprint density at radius 1 is 0.466 bits per heavy atom. The van der Waals surface area contributed by atoms with Crippen LogP contribution in [0.3, 0.4) is 0 Å². The number of aromatic nitrogens is 6. The molecule has 7 N–H and O–H groups in total. The van der Waals surface area contributed by atoms with Crippen molar-refractivity contribution in [2.45, 2.75) is 29.9 Å². The minimum Gasteiger partial charge on any atom is -0.386 e. The highest BCUT2D eigenvalue weighted by molar-refractivity contribution is 7.93.